The van der Waals surface area contributed by atoms with Crippen molar-refractivity contribution in [3.63, 3.8) is 0 Å². The highest BCUT2D eigenvalue weighted by atomic mass is 35.5. The first-order valence-electron chi connectivity index (χ1n) is 8.67. The fourth-order valence-electron chi connectivity index (χ4n) is 2.55. The van der Waals surface area contributed by atoms with E-state index in [9.17, 15) is 4.79 Å². The minimum atomic E-state index is -0.200. The maximum absolute atomic E-state index is 12.1. The van der Waals surface area contributed by atoms with Gasteiger partial charge in [0.25, 0.3) is 5.91 Å². The van der Waals surface area contributed by atoms with Gasteiger partial charge in [-0.15, -0.1) is 0 Å². The van der Waals surface area contributed by atoms with Gasteiger partial charge in [-0.2, -0.15) is 0 Å². The molecule has 2 aromatic carbocycles. The second-order valence-electron chi connectivity index (χ2n) is 5.87. The van der Waals surface area contributed by atoms with Crippen LogP contribution in [-0.4, -0.2) is 30.5 Å². The summed E-state index contributed by atoms with van der Waals surface area (Å²) in [6, 6.07) is 13.0. The Kier molecular flexibility index (Phi) is 8.23. The monoisotopic (exact) mass is 394 g/mol. The molecule has 140 valence electrons. The Bertz CT molecular complexity index is 734. The number of rotatable bonds is 9. The van der Waals surface area contributed by atoms with E-state index in [1.807, 2.05) is 18.2 Å². The Hall–Kier alpha value is -1.75. The topological polar surface area (TPSA) is 41.6 Å². The molecule has 0 saturated carbocycles. The molecule has 0 fully saturated rings. The Morgan fingerprint density at radius 2 is 1.77 bits per heavy atom. The van der Waals surface area contributed by atoms with Crippen LogP contribution in [0.15, 0.2) is 42.5 Å². The van der Waals surface area contributed by atoms with Crippen molar-refractivity contribution in [1.29, 1.82) is 0 Å². The van der Waals surface area contributed by atoms with Crippen molar-refractivity contribution >= 4 is 29.1 Å². The van der Waals surface area contributed by atoms with E-state index < -0.39 is 0 Å². The van der Waals surface area contributed by atoms with Gasteiger partial charge in [-0.25, -0.2) is 0 Å². The molecule has 0 aliphatic heterocycles. The molecule has 0 atom stereocenters. The number of carbonyl (C=O) groups excluding carboxylic acids is 1. The minimum absolute atomic E-state index is 0.0977. The molecule has 0 aromatic heterocycles. The van der Waals surface area contributed by atoms with Gasteiger partial charge in [-0.3, -0.25) is 9.69 Å². The van der Waals surface area contributed by atoms with Crippen LogP contribution >= 0.6 is 23.2 Å². The highest BCUT2D eigenvalue weighted by Crippen LogP contribution is 2.27. The molecule has 1 N–H and O–H groups in total. The summed E-state index contributed by atoms with van der Waals surface area (Å²) < 4.78 is 5.46. The summed E-state index contributed by atoms with van der Waals surface area (Å²) in [7, 11) is 0. The Balaban J connectivity index is 1.89. The predicted octanol–water partition coefficient (Wildman–Crippen LogP) is 4.53. The molecule has 0 aliphatic rings. The van der Waals surface area contributed by atoms with Crippen LogP contribution in [0.25, 0.3) is 0 Å². The van der Waals surface area contributed by atoms with Crippen LogP contribution in [0, 0.1) is 0 Å². The average Bonchev–Trinajstić information content (AvgIpc) is 2.64. The van der Waals surface area contributed by atoms with Crippen molar-refractivity contribution in [2.45, 2.75) is 26.9 Å². The number of benzene rings is 2. The second-order valence-corrected chi connectivity index (χ2v) is 6.71. The lowest BCUT2D eigenvalue weighted by Crippen LogP contribution is -2.29. The summed E-state index contributed by atoms with van der Waals surface area (Å²) in [5.74, 6) is 0.238. The standard InChI is InChI=1S/C20H24Cl2N2O2/c1-3-24(4-2)13-16-8-6-5-7-15(16)12-23-20(25)14-26-19-10-9-17(21)11-18(19)22/h5-11H,3-4,12-14H2,1-2H3,(H,23,25). The zero-order chi connectivity index (χ0) is 18.9. The van der Waals surface area contributed by atoms with Crippen molar-refractivity contribution in [1.82, 2.24) is 10.2 Å². The highest BCUT2D eigenvalue weighted by Gasteiger charge is 2.09. The van der Waals surface area contributed by atoms with Gasteiger partial charge in [-0.1, -0.05) is 61.3 Å². The van der Waals surface area contributed by atoms with E-state index in [-0.39, 0.29) is 12.5 Å². The Morgan fingerprint density at radius 3 is 2.42 bits per heavy atom. The molecule has 0 radical (unpaired) electrons. The SMILES string of the molecule is CCN(CC)Cc1ccccc1CNC(=O)COc1ccc(Cl)cc1Cl. The van der Waals surface area contributed by atoms with Crippen LogP contribution in [0.5, 0.6) is 5.75 Å². The molecule has 0 unspecified atom stereocenters. The summed E-state index contributed by atoms with van der Waals surface area (Å²) in [5, 5.41) is 3.81. The third-order valence-corrected chi connectivity index (χ3v) is 4.67. The molecule has 2 rings (SSSR count). The van der Waals surface area contributed by atoms with Crippen LogP contribution in [0.4, 0.5) is 0 Å². The first kappa shape index (κ1) is 20.6. The van der Waals surface area contributed by atoms with E-state index in [1.165, 1.54) is 5.56 Å². The van der Waals surface area contributed by atoms with Crippen LogP contribution in [0.1, 0.15) is 25.0 Å². The van der Waals surface area contributed by atoms with E-state index in [0.29, 0.717) is 22.3 Å². The molecule has 0 spiro atoms. The Morgan fingerprint density at radius 1 is 1.08 bits per heavy atom. The first-order chi connectivity index (χ1) is 12.5. The lowest BCUT2D eigenvalue weighted by molar-refractivity contribution is -0.123. The molecule has 6 heteroatoms. The lowest BCUT2D eigenvalue weighted by Gasteiger charge is -2.20. The molecule has 4 nitrogen and oxygen atoms in total. The molecule has 0 aliphatic carbocycles. The van der Waals surface area contributed by atoms with E-state index in [1.54, 1.807) is 18.2 Å². The van der Waals surface area contributed by atoms with Gasteiger partial charge in [-0.05, 0) is 42.4 Å². The van der Waals surface area contributed by atoms with E-state index >= 15 is 0 Å². The van der Waals surface area contributed by atoms with Gasteiger partial charge in [0.05, 0.1) is 5.02 Å². The summed E-state index contributed by atoms with van der Waals surface area (Å²) in [6.07, 6.45) is 0. The van der Waals surface area contributed by atoms with Gasteiger partial charge < -0.3 is 10.1 Å². The fourth-order valence-corrected chi connectivity index (χ4v) is 3.02. The smallest absolute Gasteiger partial charge is 0.258 e. The average molecular weight is 395 g/mol. The summed E-state index contributed by atoms with van der Waals surface area (Å²) in [5.41, 5.74) is 2.33. The normalized spacial score (nSPS) is 10.8. The van der Waals surface area contributed by atoms with Crippen molar-refractivity contribution in [3.05, 3.63) is 63.6 Å². The van der Waals surface area contributed by atoms with Gasteiger partial charge >= 0.3 is 0 Å². The summed E-state index contributed by atoms with van der Waals surface area (Å²) in [4.78, 5) is 14.4. The zero-order valence-corrected chi connectivity index (χ0v) is 16.6. The number of hydrogen-bond donors (Lipinski definition) is 1. The van der Waals surface area contributed by atoms with Crippen molar-refractivity contribution in [3.8, 4) is 5.75 Å². The molecule has 2 aromatic rings. The minimum Gasteiger partial charge on any atom is -0.482 e. The molecule has 1 amide bonds. The second kappa shape index (κ2) is 10.4. The van der Waals surface area contributed by atoms with Gasteiger partial charge in [0.15, 0.2) is 6.61 Å². The fraction of sp³-hybridized carbons (Fsp3) is 0.350. The molecular formula is C20H24Cl2N2O2. The van der Waals surface area contributed by atoms with Gasteiger partial charge in [0, 0.05) is 18.1 Å². The number of hydrogen-bond acceptors (Lipinski definition) is 3. The zero-order valence-electron chi connectivity index (χ0n) is 15.1. The molecular weight excluding hydrogens is 371 g/mol. The third-order valence-electron chi connectivity index (χ3n) is 4.14. The van der Waals surface area contributed by atoms with Crippen LogP contribution in [0.2, 0.25) is 10.0 Å². The predicted molar refractivity (Wildman–Crippen MR) is 107 cm³/mol. The maximum atomic E-state index is 12.1. The van der Waals surface area contributed by atoms with Crippen molar-refractivity contribution in [2.24, 2.45) is 0 Å². The molecule has 0 bridgehead atoms. The number of carbonyl (C=O) groups is 1. The van der Waals surface area contributed by atoms with Gasteiger partial charge in [0.1, 0.15) is 5.75 Å². The number of nitrogens with zero attached hydrogens (tertiary/aromatic N) is 1. The summed E-state index contributed by atoms with van der Waals surface area (Å²) in [6.45, 7) is 7.52. The van der Waals surface area contributed by atoms with E-state index in [4.69, 9.17) is 27.9 Å². The van der Waals surface area contributed by atoms with Crippen molar-refractivity contribution in [2.75, 3.05) is 19.7 Å². The van der Waals surface area contributed by atoms with Crippen molar-refractivity contribution < 1.29 is 9.53 Å². The number of amides is 1. The molecule has 0 saturated heterocycles. The van der Waals surface area contributed by atoms with Crippen LogP contribution in [-0.2, 0) is 17.9 Å². The number of ether oxygens (including phenoxy) is 1. The summed E-state index contributed by atoms with van der Waals surface area (Å²) >= 11 is 11.9. The van der Waals surface area contributed by atoms with E-state index in [0.717, 1.165) is 25.2 Å². The Labute approximate surface area is 165 Å². The third kappa shape index (κ3) is 6.20. The first-order valence-corrected chi connectivity index (χ1v) is 9.42. The van der Waals surface area contributed by atoms with E-state index in [2.05, 4.69) is 30.1 Å². The van der Waals surface area contributed by atoms with Gasteiger partial charge in [0.2, 0.25) is 0 Å². The number of halogens is 2. The van der Waals surface area contributed by atoms with Crippen LogP contribution < -0.4 is 10.1 Å². The molecule has 0 heterocycles. The number of nitrogens with one attached hydrogen (secondary N) is 1. The molecule has 26 heavy (non-hydrogen) atoms. The maximum Gasteiger partial charge on any atom is 0.258 e. The van der Waals surface area contributed by atoms with Crippen LogP contribution in [0.3, 0.4) is 0 Å². The highest BCUT2D eigenvalue weighted by molar-refractivity contribution is 6.35. The quantitative estimate of drug-likeness (QED) is 0.678. The lowest BCUT2D eigenvalue weighted by atomic mass is 10.1. The largest absolute Gasteiger partial charge is 0.482 e.